The van der Waals surface area contributed by atoms with Crippen molar-refractivity contribution in [3.05, 3.63) is 10.1 Å². The summed E-state index contributed by atoms with van der Waals surface area (Å²) < 4.78 is 15.5. The summed E-state index contributed by atoms with van der Waals surface area (Å²) in [5, 5.41) is 0.186. The monoisotopic (exact) mass is 348 g/mol. The van der Waals surface area contributed by atoms with Crippen LogP contribution in [0.4, 0.5) is 0 Å². The standard InChI is InChI=1S/C11H12Cl4O4/c1-17-8(16)5-4-9(14)6(12)7(13)10(5,15)11(9,18-2)19-3/h5H,4H2,1-3H3/t5-,9-,10+/m0/s1. The molecule has 1 fully saturated rings. The molecule has 2 rings (SSSR count). The van der Waals surface area contributed by atoms with Crippen molar-refractivity contribution < 1.29 is 19.0 Å². The Balaban J connectivity index is 2.68. The Kier molecular flexibility index (Phi) is 3.84. The highest BCUT2D eigenvalue weighted by Crippen LogP contribution is 2.71. The van der Waals surface area contributed by atoms with Crippen molar-refractivity contribution in [2.45, 2.75) is 22.0 Å². The van der Waals surface area contributed by atoms with Gasteiger partial charge < -0.3 is 14.2 Å². The Morgan fingerprint density at radius 1 is 1.16 bits per heavy atom. The molecule has 0 unspecified atom stereocenters. The van der Waals surface area contributed by atoms with Crippen molar-refractivity contribution in [3.63, 3.8) is 0 Å². The summed E-state index contributed by atoms with van der Waals surface area (Å²) in [7, 11) is 4.00. The van der Waals surface area contributed by atoms with Crippen LogP contribution < -0.4 is 0 Å². The van der Waals surface area contributed by atoms with Crippen LogP contribution in [0.3, 0.4) is 0 Å². The van der Waals surface area contributed by atoms with Gasteiger partial charge in [-0.05, 0) is 6.42 Å². The van der Waals surface area contributed by atoms with Crippen LogP contribution in [0.5, 0.6) is 0 Å². The van der Waals surface area contributed by atoms with E-state index in [1.165, 1.54) is 21.3 Å². The molecule has 19 heavy (non-hydrogen) atoms. The Labute approximate surface area is 130 Å². The van der Waals surface area contributed by atoms with E-state index in [-0.39, 0.29) is 16.5 Å². The van der Waals surface area contributed by atoms with Crippen LogP contribution in [0, 0.1) is 5.92 Å². The molecule has 0 aliphatic heterocycles. The maximum Gasteiger partial charge on any atom is 0.311 e. The Bertz CT molecular complexity index is 462. The van der Waals surface area contributed by atoms with E-state index < -0.39 is 27.4 Å². The zero-order valence-electron chi connectivity index (χ0n) is 10.4. The lowest BCUT2D eigenvalue weighted by Gasteiger charge is -2.40. The summed E-state index contributed by atoms with van der Waals surface area (Å²) in [6.07, 6.45) is 0.113. The van der Waals surface area contributed by atoms with Gasteiger partial charge in [-0.1, -0.05) is 23.2 Å². The fourth-order valence-corrected chi connectivity index (χ4v) is 5.07. The second-order valence-corrected chi connectivity index (χ2v) is 6.44. The lowest BCUT2D eigenvalue weighted by molar-refractivity contribution is -0.219. The normalized spacial score (nSPS) is 39.8. The molecule has 2 bridgehead atoms. The molecule has 8 heteroatoms. The highest BCUT2D eigenvalue weighted by molar-refractivity contribution is 6.52. The molecule has 3 atom stereocenters. The van der Waals surface area contributed by atoms with Gasteiger partial charge in [-0.2, -0.15) is 0 Å². The number of fused-ring (bicyclic) bond motifs is 2. The number of hydrogen-bond donors (Lipinski definition) is 0. The van der Waals surface area contributed by atoms with E-state index in [1.807, 2.05) is 0 Å². The number of carbonyl (C=O) groups is 1. The Morgan fingerprint density at radius 2 is 1.68 bits per heavy atom. The van der Waals surface area contributed by atoms with Gasteiger partial charge in [0.1, 0.15) is 4.87 Å². The van der Waals surface area contributed by atoms with Crippen LogP contribution in [0.15, 0.2) is 10.1 Å². The molecule has 4 nitrogen and oxygen atoms in total. The van der Waals surface area contributed by atoms with Crippen molar-refractivity contribution >= 4 is 52.4 Å². The number of methoxy groups -OCH3 is 3. The van der Waals surface area contributed by atoms with Gasteiger partial charge in [-0.3, -0.25) is 4.79 Å². The van der Waals surface area contributed by atoms with E-state index in [0.717, 1.165) is 0 Å². The SMILES string of the molecule is COC(=O)[C@@H]1C[C@]2(Cl)C(Cl)=C(Cl)[C@@]1(Cl)C2(OC)OC. The van der Waals surface area contributed by atoms with Crippen LogP contribution in [0.2, 0.25) is 0 Å². The highest BCUT2D eigenvalue weighted by atomic mass is 35.5. The van der Waals surface area contributed by atoms with Crippen molar-refractivity contribution in [3.8, 4) is 0 Å². The number of rotatable bonds is 3. The minimum absolute atomic E-state index is 0.0520. The average molecular weight is 350 g/mol. The maximum absolute atomic E-state index is 11.9. The zero-order valence-corrected chi connectivity index (χ0v) is 13.5. The van der Waals surface area contributed by atoms with E-state index >= 15 is 0 Å². The Morgan fingerprint density at radius 3 is 2.05 bits per heavy atom. The molecule has 108 valence electrons. The van der Waals surface area contributed by atoms with Crippen LogP contribution in [-0.2, 0) is 19.0 Å². The summed E-state index contributed by atoms with van der Waals surface area (Å²) in [5.74, 6) is -2.89. The van der Waals surface area contributed by atoms with E-state index in [1.54, 1.807) is 0 Å². The number of halogens is 4. The summed E-state index contributed by atoms with van der Waals surface area (Å²) >= 11 is 25.5. The fraction of sp³-hybridized carbons (Fsp3) is 0.727. The van der Waals surface area contributed by atoms with Gasteiger partial charge in [0.15, 0.2) is 4.87 Å². The van der Waals surface area contributed by atoms with Crippen molar-refractivity contribution in [1.82, 2.24) is 0 Å². The van der Waals surface area contributed by atoms with E-state index in [4.69, 9.17) is 60.6 Å². The van der Waals surface area contributed by atoms with Crippen molar-refractivity contribution in [2.24, 2.45) is 5.92 Å². The molecule has 2 aliphatic carbocycles. The van der Waals surface area contributed by atoms with E-state index in [0.29, 0.717) is 0 Å². The number of hydrogen-bond acceptors (Lipinski definition) is 4. The first-order valence-electron chi connectivity index (χ1n) is 5.39. The van der Waals surface area contributed by atoms with Gasteiger partial charge in [0.25, 0.3) is 0 Å². The van der Waals surface area contributed by atoms with Gasteiger partial charge >= 0.3 is 5.97 Å². The number of alkyl halides is 2. The van der Waals surface area contributed by atoms with E-state index in [2.05, 4.69) is 0 Å². The van der Waals surface area contributed by atoms with Gasteiger partial charge in [0.2, 0.25) is 5.79 Å². The molecule has 0 spiro atoms. The second-order valence-electron chi connectivity index (χ2n) is 4.45. The van der Waals surface area contributed by atoms with Gasteiger partial charge in [0, 0.05) is 14.2 Å². The van der Waals surface area contributed by atoms with Crippen LogP contribution in [-0.4, -0.2) is 42.8 Å². The Hall–Kier alpha value is 0.290. The van der Waals surface area contributed by atoms with Crippen LogP contribution in [0.1, 0.15) is 6.42 Å². The van der Waals surface area contributed by atoms with Crippen LogP contribution >= 0.6 is 46.4 Å². The van der Waals surface area contributed by atoms with E-state index in [9.17, 15) is 4.79 Å². The number of carbonyl (C=O) groups excluding carboxylic acids is 1. The molecule has 0 aromatic carbocycles. The third-order valence-electron chi connectivity index (χ3n) is 3.89. The first-order chi connectivity index (χ1) is 8.76. The summed E-state index contributed by atoms with van der Waals surface area (Å²) in [6.45, 7) is 0. The first-order valence-corrected chi connectivity index (χ1v) is 6.90. The molecule has 0 aromatic rings. The fourth-order valence-electron chi connectivity index (χ4n) is 3.03. The van der Waals surface area contributed by atoms with Gasteiger partial charge in [-0.25, -0.2) is 0 Å². The predicted molar refractivity (Wildman–Crippen MR) is 72.8 cm³/mol. The third kappa shape index (κ3) is 1.48. The van der Waals surface area contributed by atoms with Gasteiger partial charge in [-0.15, -0.1) is 23.2 Å². The zero-order chi connectivity index (χ0) is 14.6. The van der Waals surface area contributed by atoms with Gasteiger partial charge in [0.05, 0.1) is 23.1 Å². The lowest BCUT2D eigenvalue weighted by Crippen LogP contribution is -2.57. The smallest absolute Gasteiger partial charge is 0.311 e. The molecule has 0 N–H and O–H groups in total. The molecule has 0 aromatic heterocycles. The summed E-state index contributed by atoms with van der Waals surface area (Å²) in [5.41, 5.74) is 0. The minimum atomic E-state index is -1.53. The lowest BCUT2D eigenvalue weighted by atomic mass is 9.91. The molecular weight excluding hydrogens is 338 g/mol. The average Bonchev–Trinajstić information content (AvgIpc) is 2.69. The van der Waals surface area contributed by atoms with Crippen molar-refractivity contribution in [2.75, 3.05) is 21.3 Å². The first kappa shape index (κ1) is 15.7. The van der Waals surface area contributed by atoms with Crippen LogP contribution in [0.25, 0.3) is 0 Å². The minimum Gasteiger partial charge on any atom is -0.469 e. The van der Waals surface area contributed by atoms with Crippen molar-refractivity contribution in [1.29, 1.82) is 0 Å². The number of ether oxygens (including phenoxy) is 3. The maximum atomic E-state index is 11.9. The molecule has 2 aliphatic rings. The highest BCUT2D eigenvalue weighted by Gasteiger charge is 2.82. The molecule has 0 amide bonds. The molecular formula is C11H12Cl4O4. The largest absolute Gasteiger partial charge is 0.469 e. The third-order valence-corrected chi connectivity index (χ3v) is 6.47. The predicted octanol–water partition coefficient (Wildman–Crippen LogP) is 2.83. The molecule has 0 saturated heterocycles. The second kappa shape index (κ2) is 4.65. The summed E-state index contributed by atoms with van der Waals surface area (Å²) in [6, 6.07) is 0. The molecule has 1 saturated carbocycles. The molecule has 0 heterocycles. The molecule has 0 radical (unpaired) electrons. The number of esters is 1. The summed E-state index contributed by atoms with van der Waals surface area (Å²) in [4.78, 5) is 9.09. The quantitative estimate of drug-likeness (QED) is 0.446. The topological polar surface area (TPSA) is 44.8 Å².